The quantitative estimate of drug-likeness (QED) is 0.236. The second-order valence-corrected chi connectivity index (χ2v) is 7.71. The van der Waals surface area contributed by atoms with Crippen molar-refractivity contribution in [2.75, 3.05) is 11.6 Å². The Morgan fingerprint density at radius 2 is 2.11 bits per heavy atom. The van der Waals surface area contributed by atoms with Crippen LogP contribution >= 0.6 is 27.7 Å². The van der Waals surface area contributed by atoms with Gasteiger partial charge in [-0.2, -0.15) is 0 Å². The number of rotatable bonds is 3. The Morgan fingerprint density at radius 3 is 2.82 bits per heavy atom. The van der Waals surface area contributed by atoms with E-state index < -0.39 is 22.5 Å². The molecule has 9 nitrogen and oxygen atoms in total. The lowest BCUT2D eigenvalue weighted by Gasteiger charge is -2.22. The molecule has 11 heteroatoms. The third-order valence-corrected chi connectivity index (χ3v) is 5.41. The number of aromatic amines is 1. The van der Waals surface area contributed by atoms with Crippen LogP contribution in [-0.2, 0) is 0 Å². The Bertz CT molecular complexity index is 1180. The molecule has 1 aliphatic rings. The molecule has 2 aromatic carbocycles. The normalized spacial score (nSPS) is 14.7. The topological polar surface area (TPSA) is 125 Å². The molecule has 142 valence electrons. The van der Waals surface area contributed by atoms with Crippen molar-refractivity contribution in [2.24, 2.45) is 0 Å². The molecule has 4 rings (SSSR count). The zero-order valence-electron chi connectivity index (χ0n) is 14.3. The summed E-state index contributed by atoms with van der Waals surface area (Å²) in [6, 6.07) is 9.54. The maximum atomic E-state index is 12.8. The number of thioether (sulfide) groups is 1. The molecule has 0 saturated heterocycles. The Morgan fingerprint density at radius 1 is 1.32 bits per heavy atom. The summed E-state index contributed by atoms with van der Waals surface area (Å²) in [6.07, 6.45) is 1.11. The molecule has 1 aromatic heterocycles. The van der Waals surface area contributed by atoms with Gasteiger partial charge in [-0.1, -0.05) is 27.7 Å². The molecule has 1 aliphatic heterocycles. The highest BCUT2D eigenvalue weighted by Gasteiger charge is 2.38. The van der Waals surface area contributed by atoms with Gasteiger partial charge in [-0.3, -0.25) is 19.9 Å². The minimum Gasteiger partial charge on any atom is -0.502 e. The molecule has 28 heavy (non-hydrogen) atoms. The summed E-state index contributed by atoms with van der Waals surface area (Å²) in [6.45, 7) is 0. The number of nitro groups is 1. The number of phenolic OH excluding ortho intramolecular Hbond substituents is 1. The van der Waals surface area contributed by atoms with Gasteiger partial charge in [0.1, 0.15) is 0 Å². The van der Waals surface area contributed by atoms with E-state index in [2.05, 4.69) is 31.3 Å². The molecule has 3 N–H and O–H groups in total. The molecular weight excluding hydrogens is 450 g/mol. The van der Waals surface area contributed by atoms with Crippen molar-refractivity contribution in [1.82, 2.24) is 10.1 Å². The number of nitro benzene ring substituents is 1. The predicted molar refractivity (Wildman–Crippen MR) is 106 cm³/mol. The summed E-state index contributed by atoms with van der Waals surface area (Å²) in [4.78, 5) is 26.1. The second-order valence-electron chi connectivity index (χ2n) is 6.00. The minimum atomic E-state index is -0.670. The van der Waals surface area contributed by atoms with Crippen molar-refractivity contribution in [3.05, 3.63) is 66.9 Å². The molecule has 0 fully saturated rings. The summed E-state index contributed by atoms with van der Waals surface area (Å²) in [5.41, 5.74) is 1.41. The average Bonchev–Trinajstić information content (AvgIpc) is 2.67. The van der Waals surface area contributed by atoms with Gasteiger partial charge in [-0.15, -0.1) is 0 Å². The van der Waals surface area contributed by atoms with Crippen LogP contribution in [-0.4, -0.2) is 26.4 Å². The first-order valence-corrected chi connectivity index (χ1v) is 10.0. The SMILES string of the molecule is CSc1n[n+]2c(c(=O)[nH]1)-c1cc(Br)ccc1N[C@@H]2c1ccc(O)c([N+](=O)[O-])c1. The molecule has 0 amide bonds. The van der Waals surface area contributed by atoms with Crippen molar-refractivity contribution in [3.8, 4) is 17.0 Å². The van der Waals surface area contributed by atoms with Crippen molar-refractivity contribution in [1.29, 1.82) is 0 Å². The van der Waals surface area contributed by atoms with E-state index in [-0.39, 0.29) is 5.56 Å². The number of fused-ring (bicyclic) bond motifs is 3. The van der Waals surface area contributed by atoms with E-state index in [9.17, 15) is 20.0 Å². The Balaban J connectivity index is 1.98. The number of hydrogen-bond acceptors (Lipinski definition) is 7. The fourth-order valence-corrected chi connectivity index (χ4v) is 3.81. The van der Waals surface area contributed by atoms with Gasteiger partial charge in [0.05, 0.1) is 21.7 Å². The Kier molecular flexibility index (Phi) is 4.55. The maximum Gasteiger partial charge on any atom is 0.325 e. The van der Waals surface area contributed by atoms with Gasteiger partial charge in [0.25, 0.3) is 6.17 Å². The van der Waals surface area contributed by atoms with Gasteiger partial charge in [0, 0.05) is 15.6 Å². The van der Waals surface area contributed by atoms with Crippen molar-refractivity contribution < 1.29 is 14.7 Å². The van der Waals surface area contributed by atoms with Crippen molar-refractivity contribution in [3.63, 3.8) is 0 Å². The third-order valence-electron chi connectivity index (χ3n) is 4.34. The monoisotopic (exact) mass is 462 g/mol. The number of aromatic nitrogens is 3. The zero-order chi connectivity index (χ0) is 20.0. The molecule has 0 saturated carbocycles. The van der Waals surface area contributed by atoms with Gasteiger partial charge in [0.15, 0.2) is 5.75 Å². The molecule has 0 radical (unpaired) electrons. The Hall–Kier alpha value is -2.92. The van der Waals surface area contributed by atoms with E-state index >= 15 is 0 Å². The van der Waals surface area contributed by atoms with Crippen LogP contribution in [0, 0.1) is 10.1 Å². The summed E-state index contributed by atoms with van der Waals surface area (Å²) in [5, 5.41) is 29.2. The standard InChI is InChI=1S/C17H12BrN5O4S/c1-28-17-20-16(25)14-10-7-9(18)3-4-11(10)19-15(22(14)21-17)8-2-5-13(24)12(6-8)23(26)27/h2-7,15H,1H3,(H2,20,21,24,25)/p+1/t15-/m0/s1. The summed E-state index contributed by atoms with van der Waals surface area (Å²) < 4.78 is 2.31. The van der Waals surface area contributed by atoms with Crippen LogP contribution < -0.4 is 15.6 Å². The molecule has 0 aliphatic carbocycles. The largest absolute Gasteiger partial charge is 0.502 e. The number of nitrogens with one attached hydrogen (secondary N) is 2. The first-order chi connectivity index (χ1) is 13.4. The molecule has 1 atom stereocenters. The fraction of sp³-hybridized carbons (Fsp3) is 0.118. The van der Waals surface area contributed by atoms with Crippen LogP contribution in [0.5, 0.6) is 5.75 Å². The smallest absolute Gasteiger partial charge is 0.325 e. The zero-order valence-corrected chi connectivity index (χ0v) is 16.7. The lowest BCUT2D eigenvalue weighted by molar-refractivity contribution is -0.759. The minimum absolute atomic E-state index is 0.321. The number of nitrogens with zero attached hydrogens (tertiary/aromatic N) is 3. The van der Waals surface area contributed by atoms with Crippen LogP contribution in [0.3, 0.4) is 0 Å². The number of hydrogen-bond donors (Lipinski definition) is 3. The molecule has 2 heterocycles. The van der Waals surface area contributed by atoms with Crippen LogP contribution in [0.4, 0.5) is 11.4 Å². The van der Waals surface area contributed by atoms with Crippen LogP contribution in [0.25, 0.3) is 11.3 Å². The van der Waals surface area contributed by atoms with Gasteiger partial charge in [-0.05, 0) is 41.3 Å². The molecule has 0 unspecified atom stereocenters. The van der Waals surface area contributed by atoms with Gasteiger partial charge < -0.3 is 10.4 Å². The fourth-order valence-electron chi connectivity index (χ4n) is 3.09. The van der Waals surface area contributed by atoms with Crippen LogP contribution in [0.1, 0.15) is 11.7 Å². The van der Waals surface area contributed by atoms with Gasteiger partial charge in [-0.25, -0.2) is 0 Å². The van der Waals surface area contributed by atoms with Crippen LogP contribution in [0.2, 0.25) is 0 Å². The number of benzene rings is 2. The first kappa shape index (κ1) is 18.4. The highest BCUT2D eigenvalue weighted by atomic mass is 79.9. The van der Waals surface area contributed by atoms with E-state index in [1.54, 1.807) is 18.4 Å². The van der Waals surface area contributed by atoms with E-state index in [0.29, 0.717) is 27.7 Å². The highest BCUT2D eigenvalue weighted by molar-refractivity contribution is 9.10. The molecule has 3 aromatic rings. The summed E-state index contributed by atoms with van der Waals surface area (Å²) in [7, 11) is 0. The first-order valence-electron chi connectivity index (χ1n) is 8.03. The molecule has 0 bridgehead atoms. The number of aromatic hydroxyl groups is 1. The number of H-pyrrole nitrogens is 1. The summed E-state index contributed by atoms with van der Waals surface area (Å²) in [5.74, 6) is -0.428. The molecular formula is C17H13BrN5O4S+. The predicted octanol–water partition coefficient (Wildman–Crippen LogP) is 2.80. The molecule has 0 spiro atoms. The summed E-state index contributed by atoms with van der Waals surface area (Å²) >= 11 is 4.69. The Labute approximate surface area is 170 Å². The van der Waals surface area contributed by atoms with E-state index in [1.165, 1.54) is 28.6 Å². The second kappa shape index (κ2) is 6.91. The van der Waals surface area contributed by atoms with Gasteiger partial charge >= 0.3 is 16.9 Å². The van der Waals surface area contributed by atoms with E-state index in [4.69, 9.17) is 0 Å². The van der Waals surface area contributed by atoms with Gasteiger partial charge in [0.2, 0.25) is 5.16 Å². The number of phenols is 1. The number of anilines is 1. The third kappa shape index (κ3) is 3.02. The average molecular weight is 463 g/mol. The number of halogens is 1. The van der Waals surface area contributed by atoms with Crippen molar-refractivity contribution in [2.45, 2.75) is 11.3 Å². The van der Waals surface area contributed by atoms with E-state index in [1.807, 2.05) is 12.1 Å². The maximum absolute atomic E-state index is 12.8. The van der Waals surface area contributed by atoms with Crippen molar-refractivity contribution >= 4 is 39.1 Å². The highest BCUT2D eigenvalue weighted by Crippen LogP contribution is 2.35. The van der Waals surface area contributed by atoms with Crippen LogP contribution in [0.15, 0.2) is 50.8 Å². The lowest BCUT2D eigenvalue weighted by atomic mass is 10.0. The lowest BCUT2D eigenvalue weighted by Crippen LogP contribution is -2.55. The van der Waals surface area contributed by atoms with E-state index in [0.717, 1.165) is 4.47 Å².